The van der Waals surface area contributed by atoms with Crippen LogP contribution >= 0.6 is 0 Å². The number of esters is 1. The third kappa shape index (κ3) is 6.45. The number of hydrogen-bond donors (Lipinski definition) is 2. The summed E-state index contributed by atoms with van der Waals surface area (Å²) in [6.45, 7) is 33.4. The molecule has 7 aliphatic rings. The van der Waals surface area contributed by atoms with Crippen molar-refractivity contribution in [1.82, 2.24) is 15.1 Å². The maximum Gasteiger partial charge on any atom is 0.309 e. The molecule has 0 bridgehead atoms. The number of hydrogen-bond acceptors (Lipinski definition) is 6. The summed E-state index contributed by atoms with van der Waals surface area (Å²) in [7, 11) is 0. The number of aliphatic carboxylic acids is 1. The number of carbonyl (C=O) groups is 4. The Balaban J connectivity index is 1.08. The normalized spacial score (nSPS) is 43.1. The Hall–Kier alpha value is -2.42. The molecule has 0 radical (unpaired) electrons. The van der Waals surface area contributed by atoms with E-state index in [0.29, 0.717) is 23.7 Å². The predicted molar refractivity (Wildman–Crippen MR) is 227 cm³/mol. The smallest absolute Gasteiger partial charge is 0.309 e. The molecule has 2 amide bonds. The quantitative estimate of drug-likeness (QED) is 0.177. The van der Waals surface area contributed by atoms with E-state index in [9.17, 15) is 19.5 Å². The molecule has 6 aliphatic carbocycles. The molecule has 1 saturated heterocycles. The largest absolute Gasteiger partial charge is 0.481 e. The molecular formula is C49H79N3O6. The second-order valence-electron chi connectivity index (χ2n) is 23.4. The molecule has 6 saturated carbocycles. The second kappa shape index (κ2) is 14.6. The molecule has 0 aromatic rings. The number of nitrogens with one attached hydrogen (secondary N) is 1. The number of carbonyl (C=O) groups excluding carboxylic acids is 3. The van der Waals surface area contributed by atoms with E-state index in [0.717, 1.165) is 103 Å². The van der Waals surface area contributed by atoms with Gasteiger partial charge in [0.05, 0.1) is 17.3 Å². The zero-order valence-electron chi connectivity index (χ0n) is 38.2. The number of carboxylic acids is 1. The maximum absolute atomic E-state index is 15.1. The molecule has 0 spiro atoms. The average Bonchev–Trinajstić information content (AvgIpc) is 3.55. The highest BCUT2D eigenvalue weighted by Crippen LogP contribution is 2.77. The van der Waals surface area contributed by atoms with Gasteiger partial charge in [-0.05, 0) is 149 Å². The number of ether oxygens (including phenoxy) is 1. The lowest BCUT2D eigenvalue weighted by Gasteiger charge is -2.73. The van der Waals surface area contributed by atoms with Crippen molar-refractivity contribution in [3.05, 3.63) is 12.2 Å². The standard InChI is InChI=1S/C49H79N3O6/c1-13-51-24-26-52(27-25-51)40(54)33-28-36(44(33,6)7)50-41(55)49-21-16-31(30(2)3)39(49)32-14-15-35-46(10)19-18-37(58-38(53)29-43(4,5)42(56)57)45(8,9)34(46)17-20-48(35,12)47(32,11)22-23-49/h31-37,39H,2,13-29H2,1,3-12H3,(H,50,55)(H,56,57)/t31-,32+,33+,34-,35+,36+,37-,39+,46-,47+,48+,49-/m0/s1. The molecule has 7 rings (SSSR count). The molecule has 9 heteroatoms. The number of nitrogens with zero attached hydrogens (tertiary/aromatic N) is 2. The number of carboxylic acid groups (broad SMARTS) is 1. The van der Waals surface area contributed by atoms with Crippen LogP contribution in [0.15, 0.2) is 12.2 Å². The molecular weight excluding hydrogens is 727 g/mol. The first-order valence-corrected chi connectivity index (χ1v) is 23.3. The van der Waals surface area contributed by atoms with Gasteiger partial charge in [0.25, 0.3) is 0 Å². The van der Waals surface area contributed by atoms with Crippen LogP contribution in [0.25, 0.3) is 0 Å². The zero-order valence-corrected chi connectivity index (χ0v) is 38.2. The maximum atomic E-state index is 15.1. The lowest BCUT2D eigenvalue weighted by molar-refractivity contribution is -0.249. The van der Waals surface area contributed by atoms with Crippen molar-refractivity contribution < 1.29 is 29.0 Å². The van der Waals surface area contributed by atoms with E-state index in [1.165, 1.54) is 5.57 Å². The van der Waals surface area contributed by atoms with Gasteiger partial charge in [-0.25, -0.2) is 0 Å². The number of allylic oxidation sites excluding steroid dienone is 1. The lowest BCUT2D eigenvalue weighted by atomic mass is 9.32. The molecule has 0 unspecified atom stereocenters. The van der Waals surface area contributed by atoms with Crippen LogP contribution < -0.4 is 5.32 Å². The minimum Gasteiger partial charge on any atom is -0.481 e. The summed E-state index contributed by atoms with van der Waals surface area (Å²) in [6.07, 6.45) is 10.6. The summed E-state index contributed by atoms with van der Waals surface area (Å²) >= 11 is 0. The van der Waals surface area contributed by atoms with E-state index in [1.807, 2.05) is 0 Å². The third-order valence-electron chi connectivity index (χ3n) is 19.9. The van der Waals surface area contributed by atoms with Crippen LogP contribution in [-0.2, 0) is 23.9 Å². The number of rotatable bonds is 9. The molecule has 58 heavy (non-hydrogen) atoms. The number of likely N-dealkylation sites (N-methyl/N-ethyl adjacent to an activating group) is 1. The Morgan fingerprint density at radius 1 is 0.810 bits per heavy atom. The zero-order chi connectivity index (χ0) is 42.6. The lowest BCUT2D eigenvalue weighted by Crippen LogP contribution is -2.68. The van der Waals surface area contributed by atoms with Crippen molar-refractivity contribution in [3.63, 3.8) is 0 Å². The summed E-state index contributed by atoms with van der Waals surface area (Å²) in [5.74, 6) is 1.03. The average molecular weight is 806 g/mol. The Kier molecular flexibility index (Phi) is 11.0. The summed E-state index contributed by atoms with van der Waals surface area (Å²) in [5.41, 5.74) is -0.552. The molecule has 7 fully saturated rings. The summed E-state index contributed by atoms with van der Waals surface area (Å²) in [6, 6.07) is 0.00277. The first-order chi connectivity index (χ1) is 26.9. The van der Waals surface area contributed by atoms with E-state index < -0.39 is 22.8 Å². The topological polar surface area (TPSA) is 116 Å². The molecule has 0 aromatic heterocycles. The first-order valence-electron chi connectivity index (χ1n) is 23.3. The first kappa shape index (κ1) is 43.7. The fraction of sp³-hybridized carbons (Fsp3) is 0.878. The fourth-order valence-corrected chi connectivity index (χ4v) is 15.8. The monoisotopic (exact) mass is 806 g/mol. The molecule has 326 valence electrons. The van der Waals surface area contributed by atoms with E-state index in [4.69, 9.17) is 4.74 Å². The van der Waals surface area contributed by atoms with Crippen LogP contribution in [0.4, 0.5) is 0 Å². The molecule has 9 nitrogen and oxygen atoms in total. The van der Waals surface area contributed by atoms with Crippen molar-refractivity contribution in [2.45, 2.75) is 165 Å². The third-order valence-corrected chi connectivity index (χ3v) is 19.9. The molecule has 1 heterocycles. The number of piperazine rings is 1. The molecule has 1 aliphatic heterocycles. The summed E-state index contributed by atoms with van der Waals surface area (Å²) in [4.78, 5) is 58.3. The van der Waals surface area contributed by atoms with Gasteiger partial charge in [-0.2, -0.15) is 0 Å². The molecule has 2 N–H and O–H groups in total. The van der Waals surface area contributed by atoms with Gasteiger partial charge in [0, 0.05) is 43.6 Å². The van der Waals surface area contributed by atoms with Crippen LogP contribution in [0.3, 0.4) is 0 Å². The van der Waals surface area contributed by atoms with Crippen molar-refractivity contribution >= 4 is 23.8 Å². The van der Waals surface area contributed by atoms with Gasteiger partial charge >= 0.3 is 11.9 Å². The van der Waals surface area contributed by atoms with Crippen molar-refractivity contribution in [2.75, 3.05) is 32.7 Å². The van der Waals surface area contributed by atoms with Gasteiger partial charge in [-0.15, -0.1) is 0 Å². The van der Waals surface area contributed by atoms with Gasteiger partial charge in [0.2, 0.25) is 11.8 Å². The van der Waals surface area contributed by atoms with Crippen LogP contribution in [0, 0.1) is 73.4 Å². The van der Waals surface area contributed by atoms with Gasteiger partial charge in [-0.1, -0.05) is 67.5 Å². The Labute approximate surface area is 350 Å². The highest BCUT2D eigenvalue weighted by Gasteiger charge is 2.72. The van der Waals surface area contributed by atoms with E-state index >= 15 is 4.79 Å². The molecule has 0 aromatic carbocycles. The van der Waals surface area contributed by atoms with E-state index in [1.54, 1.807) is 13.8 Å². The minimum atomic E-state index is -1.16. The highest BCUT2D eigenvalue weighted by molar-refractivity contribution is 5.86. The van der Waals surface area contributed by atoms with E-state index in [2.05, 4.69) is 84.0 Å². The number of fused-ring (bicyclic) bond motifs is 7. The predicted octanol–water partition coefficient (Wildman–Crippen LogP) is 8.75. The Morgan fingerprint density at radius 2 is 1.48 bits per heavy atom. The fourth-order valence-electron chi connectivity index (χ4n) is 15.8. The Bertz CT molecular complexity index is 1680. The minimum absolute atomic E-state index is 0.00277. The van der Waals surface area contributed by atoms with Crippen LogP contribution in [0.1, 0.15) is 153 Å². The summed E-state index contributed by atoms with van der Waals surface area (Å²) < 4.78 is 6.20. The van der Waals surface area contributed by atoms with Crippen molar-refractivity contribution in [3.8, 4) is 0 Å². The summed E-state index contributed by atoms with van der Waals surface area (Å²) in [5, 5.41) is 13.3. The van der Waals surface area contributed by atoms with Crippen molar-refractivity contribution in [2.24, 2.45) is 73.4 Å². The second-order valence-corrected chi connectivity index (χ2v) is 23.4. The van der Waals surface area contributed by atoms with Crippen molar-refractivity contribution in [1.29, 1.82) is 0 Å². The van der Waals surface area contributed by atoms with Crippen LogP contribution in [0.2, 0.25) is 0 Å². The molecule has 12 atom stereocenters. The van der Waals surface area contributed by atoms with Gasteiger partial charge in [0.15, 0.2) is 0 Å². The van der Waals surface area contributed by atoms with E-state index in [-0.39, 0.29) is 69.3 Å². The van der Waals surface area contributed by atoms with Crippen LogP contribution in [-0.4, -0.2) is 83.5 Å². The van der Waals surface area contributed by atoms with Gasteiger partial charge < -0.3 is 25.0 Å². The number of amides is 2. The van der Waals surface area contributed by atoms with Crippen LogP contribution in [0.5, 0.6) is 0 Å². The Morgan fingerprint density at radius 3 is 2.09 bits per heavy atom. The van der Waals surface area contributed by atoms with Gasteiger partial charge in [-0.3, -0.25) is 19.2 Å². The highest BCUT2D eigenvalue weighted by atomic mass is 16.5. The van der Waals surface area contributed by atoms with Gasteiger partial charge in [0.1, 0.15) is 6.10 Å². The SMILES string of the molecule is C=C(C)[C@@H]1CC[C@]2(C(=O)N[C@@H]3C[C@H](C(=O)N4CCN(CC)CC4)C3(C)C)CC[C@]3(C)[C@H](CC[C@@H]4[C@@]5(C)CC[C@H](OC(=O)CC(C)(C)C(=O)O)C(C)(C)[C@@H]5CC[C@]43C)[C@@H]12.